The van der Waals surface area contributed by atoms with Gasteiger partial charge >= 0.3 is 12.0 Å². The molecule has 2 aliphatic heterocycles. The molecule has 1 aromatic carbocycles. The third-order valence-electron chi connectivity index (χ3n) is 4.94. The quantitative estimate of drug-likeness (QED) is 0.746. The Hall–Kier alpha value is -2.83. The van der Waals surface area contributed by atoms with Gasteiger partial charge in [0.15, 0.2) is 0 Å². The number of hydrogen-bond donors (Lipinski definition) is 1. The number of cyclic esters (lactones) is 1. The molecular weight excluding hydrogens is 346 g/mol. The van der Waals surface area contributed by atoms with Gasteiger partial charge in [0.25, 0.3) is 0 Å². The van der Waals surface area contributed by atoms with Crippen LogP contribution in [0, 0.1) is 0 Å². The van der Waals surface area contributed by atoms with Gasteiger partial charge in [-0.1, -0.05) is 43.7 Å². The highest BCUT2D eigenvalue weighted by molar-refractivity contribution is 5.98. The molecular formula is C20H25N3O4. The second kappa shape index (κ2) is 8.24. The number of benzene rings is 1. The molecule has 27 heavy (non-hydrogen) atoms. The van der Waals surface area contributed by atoms with Gasteiger partial charge in [0, 0.05) is 13.1 Å². The van der Waals surface area contributed by atoms with Crippen LogP contribution in [0.5, 0.6) is 0 Å². The molecule has 3 amide bonds. The summed E-state index contributed by atoms with van der Waals surface area (Å²) in [7, 11) is 0. The average Bonchev–Trinajstić information content (AvgIpc) is 3.06. The predicted octanol–water partition coefficient (Wildman–Crippen LogP) is 2.21. The van der Waals surface area contributed by atoms with Crippen LogP contribution in [0.2, 0.25) is 0 Å². The van der Waals surface area contributed by atoms with Crippen molar-refractivity contribution in [3.8, 4) is 0 Å². The monoisotopic (exact) mass is 371 g/mol. The number of carbonyl (C=O) groups excluding carboxylic acids is 3. The van der Waals surface area contributed by atoms with Crippen LogP contribution in [0.15, 0.2) is 41.6 Å². The van der Waals surface area contributed by atoms with Gasteiger partial charge in [-0.3, -0.25) is 9.69 Å². The smallest absolute Gasteiger partial charge is 0.338 e. The number of nitrogens with one attached hydrogen (secondary N) is 1. The first-order valence-corrected chi connectivity index (χ1v) is 9.37. The topological polar surface area (TPSA) is 79.0 Å². The van der Waals surface area contributed by atoms with Crippen molar-refractivity contribution in [2.24, 2.45) is 0 Å². The molecule has 0 radical (unpaired) electrons. The number of unbranched alkanes of at least 4 members (excludes halogenated alkanes) is 1. The Kier molecular flexibility index (Phi) is 5.78. The van der Waals surface area contributed by atoms with Crippen molar-refractivity contribution < 1.29 is 19.1 Å². The molecule has 7 nitrogen and oxygen atoms in total. The lowest BCUT2D eigenvalue weighted by Gasteiger charge is -2.33. The van der Waals surface area contributed by atoms with E-state index in [0.717, 1.165) is 18.4 Å². The van der Waals surface area contributed by atoms with E-state index < -0.39 is 12.0 Å². The van der Waals surface area contributed by atoms with E-state index in [1.54, 1.807) is 4.90 Å². The Labute approximate surface area is 159 Å². The summed E-state index contributed by atoms with van der Waals surface area (Å²) in [5, 5.41) is 2.85. The summed E-state index contributed by atoms with van der Waals surface area (Å²) in [5.41, 5.74) is 1.70. The van der Waals surface area contributed by atoms with Crippen LogP contribution in [0.25, 0.3) is 0 Å². The minimum Gasteiger partial charge on any atom is -0.456 e. The first kappa shape index (κ1) is 18.9. The van der Waals surface area contributed by atoms with Gasteiger partial charge < -0.3 is 15.0 Å². The Bertz CT molecular complexity index is 760. The van der Waals surface area contributed by atoms with E-state index in [1.165, 1.54) is 4.90 Å². The first-order valence-electron chi connectivity index (χ1n) is 9.37. The van der Waals surface area contributed by atoms with E-state index in [2.05, 4.69) is 12.2 Å². The standard InChI is InChI=1S/C20H25N3O4/c1-3-5-11-22(4-2)16(24)12-23-15-13-27-19(25)17(15)18(21-20(23)26)14-9-7-6-8-10-14/h6-10,18H,3-5,11-13H2,1-2H3,(H,21,26). The normalized spacial score (nSPS) is 18.9. The van der Waals surface area contributed by atoms with E-state index in [-0.39, 0.29) is 25.1 Å². The maximum Gasteiger partial charge on any atom is 0.338 e. The molecule has 3 rings (SSSR count). The number of ether oxygens (including phenoxy) is 1. The molecule has 1 aromatic rings. The lowest BCUT2D eigenvalue weighted by molar-refractivity contribution is -0.136. The minimum absolute atomic E-state index is 0.0132. The number of likely N-dealkylation sites (N-methyl/N-ethyl adjacent to an activating group) is 1. The van der Waals surface area contributed by atoms with Gasteiger partial charge in [-0.15, -0.1) is 0 Å². The summed E-state index contributed by atoms with van der Waals surface area (Å²) in [6.45, 7) is 5.15. The molecule has 7 heteroatoms. The SMILES string of the molecule is CCCCN(CC)C(=O)CN1C(=O)NC(c2ccccc2)C2=C1COC2=O. The molecule has 0 saturated heterocycles. The zero-order valence-corrected chi connectivity index (χ0v) is 15.7. The van der Waals surface area contributed by atoms with Crippen LogP contribution >= 0.6 is 0 Å². The fraction of sp³-hybridized carbons (Fsp3) is 0.450. The van der Waals surface area contributed by atoms with Crippen molar-refractivity contribution in [1.29, 1.82) is 0 Å². The summed E-state index contributed by atoms with van der Waals surface area (Å²) in [4.78, 5) is 40.8. The Balaban J connectivity index is 1.86. The summed E-state index contributed by atoms with van der Waals surface area (Å²) in [5.74, 6) is -0.583. The lowest BCUT2D eigenvalue weighted by atomic mass is 9.96. The van der Waals surface area contributed by atoms with Gasteiger partial charge in [0.2, 0.25) is 5.91 Å². The molecule has 2 aliphatic rings. The van der Waals surface area contributed by atoms with Gasteiger partial charge in [-0.05, 0) is 18.9 Å². The van der Waals surface area contributed by atoms with Gasteiger partial charge in [0.1, 0.15) is 13.2 Å². The molecule has 144 valence electrons. The maximum atomic E-state index is 12.7. The zero-order valence-electron chi connectivity index (χ0n) is 15.7. The number of esters is 1. The van der Waals surface area contributed by atoms with E-state index in [0.29, 0.717) is 24.4 Å². The van der Waals surface area contributed by atoms with Crippen molar-refractivity contribution in [1.82, 2.24) is 15.1 Å². The zero-order chi connectivity index (χ0) is 19.4. The van der Waals surface area contributed by atoms with Crippen molar-refractivity contribution in [2.75, 3.05) is 26.2 Å². The van der Waals surface area contributed by atoms with Crippen LogP contribution in [-0.2, 0) is 14.3 Å². The number of nitrogens with zero attached hydrogens (tertiary/aromatic N) is 2. The molecule has 0 saturated carbocycles. The average molecular weight is 371 g/mol. The second-order valence-corrected chi connectivity index (χ2v) is 6.64. The number of urea groups is 1. The van der Waals surface area contributed by atoms with E-state index >= 15 is 0 Å². The highest BCUT2D eigenvalue weighted by Crippen LogP contribution is 2.34. The number of carbonyl (C=O) groups is 3. The number of hydrogen-bond acceptors (Lipinski definition) is 4. The largest absolute Gasteiger partial charge is 0.456 e. The number of rotatable bonds is 7. The van der Waals surface area contributed by atoms with E-state index in [4.69, 9.17) is 4.74 Å². The van der Waals surface area contributed by atoms with Crippen LogP contribution in [0.3, 0.4) is 0 Å². The van der Waals surface area contributed by atoms with Crippen LogP contribution < -0.4 is 5.32 Å². The van der Waals surface area contributed by atoms with Crippen LogP contribution in [-0.4, -0.2) is 53.9 Å². The van der Waals surface area contributed by atoms with Gasteiger partial charge in [-0.25, -0.2) is 9.59 Å². The molecule has 2 heterocycles. The Morgan fingerprint density at radius 3 is 2.67 bits per heavy atom. The fourth-order valence-corrected chi connectivity index (χ4v) is 3.42. The summed E-state index contributed by atoms with van der Waals surface area (Å²) in [6.07, 6.45) is 1.90. The minimum atomic E-state index is -0.558. The summed E-state index contributed by atoms with van der Waals surface area (Å²) in [6, 6.07) is 8.34. The van der Waals surface area contributed by atoms with Gasteiger partial charge in [-0.2, -0.15) is 0 Å². The molecule has 0 fully saturated rings. The third kappa shape index (κ3) is 3.82. The van der Waals surface area contributed by atoms with Gasteiger partial charge in [0.05, 0.1) is 17.3 Å². The highest BCUT2D eigenvalue weighted by Gasteiger charge is 2.42. The van der Waals surface area contributed by atoms with Crippen LogP contribution in [0.4, 0.5) is 4.79 Å². The Morgan fingerprint density at radius 2 is 2.00 bits per heavy atom. The molecule has 1 N–H and O–H groups in total. The first-order chi connectivity index (χ1) is 13.1. The second-order valence-electron chi connectivity index (χ2n) is 6.64. The summed E-state index contributed by atoms with van der Waals surface area (Å²) >= 11 is 0. The molecule has 0 bridgehead atoms. The number of amides is 3. The van der Waals surface area contributed by atoms with Crippen LogP contribution in [0.1, 0.15) is 38.3 Å². The van der Waals surface area contributed by atoms with E-state index in [9.17, 15) is 14.4 Å². The fourth-order valence-electron chi connectivity index (χ4n) is 3.42. The molecule has 1 atom stereocenters. The summed E-state index contributed by atoms with van der Waals surface area (Å²) < 4.78 is 5.19. The molecule has 0 aliphatic carbocycles. The molecule has 0 aromatic heterocycles. The van der Waals surface area contributed by atoms with Crippen molar-refractivity contribution in [3.63, 3.8) is 0 Å². The van der Waals surface area contributed by atoms with Crippen molar-refractivity contribution >= 4 is 17.9 Å². The van der Waals surface area contributed by atoms with E-state index in [1.807, 2.05) is 37.3 Å². The molecule has 1 unspecified atom stereocenters. The third-order valence-corrected chi connectivity index (χ3v) is 4.94. The lowest BCUT2D eigenvalue weighted by Crippen LogP contribution is -2.51. The predicted molar refractivity (Wildman–Crippen MR) is 99.6 cm³/mol. The highest BCUT2D eigenvalue weighted by atomic mass is 16.5. The maximum absolute atomic E-state index is 12.7. The Morgan fingerprint density at radius 1 is 1.26 bits per heavy atom. The molecule has 0 spiro atoms. The van der Waals surface area contributed by atoms with Crippen molar-refractivity contribution in [3.05, 3.63) is 47.2 Å². The van der Waals surface area contributed by atoms with Crippen molar-refractivity contribution in [2.45, 2.75) is 32.7 Å².